The van der Waals surface area contributed by atoms with Crippen LogP contribution in [0.5, 0.6) is 0 Å². The number of hydrogen-bond acceptors (Lipinski definition) is 5. The van der Waals surface area contributed by atoms with Crippen molar-refractivity contribution in [1.82, 2.24) is 19.9 Å². The molecule has 1 aliphatic rings. The normalized spacial score (nSPS) is 18.3. The number of piperazine rings is 1. The predicted octanol–water partition coefficient (Wildman–Crippen LogP) is 1.38. The summed E-state index contributed by atoms with van der Waals surface area (Å²) in [5.41, 5.74) is 3.34. The summed E-state index contributed by atoms with van der Waals surface area (Å²) in [6.45, 7) is 6.25. The van der Waals surface area contributed by atoms with Crippen LogP contribution in [0.15, 0.2) is 10.7 Å². The van der Waals surface area contributed by atoms with E-state index in [-0.39, 0.29) is 0 Å². The molecule has 2 rings (SSSR count). The number of halogens is 1. The molecule has 0 amide bonds. The Kier molecular flexibility index (Phi) is 4.31. The van der Waals surface area contributed by atoms with E-state index in [0.717, 1.165) is 48.8 Å². The van der Waals surface area contributed by atoms with E-state index in [2.05, 4.69) is 55.2 Å². The lowest BCUT2D eigenvalue weighted by Crippen LogP contribution is -2.47. The molecule has 0 spiro atoms. The van der Waals surface area contributed by atoms with Crippen molar-refractivity contribution in [1.29, 1.82) is 0 Å². The first kappa shape index (κ1) is 12.7. The monoisotopic (exact) mass is 299 g/mol. The van der Waals surface area contributed by atoms with Crippen LogP contribution in [-0.4, -0.2) is 53.1 Å². The maximum absolute atomic E-state index is 4.46. The number of hydrogen-bond donors (Lipinski definition) is 1. The molecule has 1 fully saturated rings. The molecule has 17 heavy (non-hydrogen) atoms. The maximum atomic E-state index is 4.46. The van der Waals surface area contributed by atoms with Crippen molar-refractivity contribution in [2.45, 2.75) is 13.3 Å². The highest BCUT2D eigenvalue weighted by Crippen LogP contribution is 2.13. The zero-order chi connectivity index (χ0) is 12.3. The van der Waals surface area contributed by atoms with Crippen LogP contribution in [0.3, 0.4) is 0 Å². The van der Waals surface area contributed by atoms with Crippen LogP contribution in [0, 0.1) is 0 Å². The SMILES string of the molecule is CCc1nc(Br)cc(NN2CCN(C)CC2)n1. The lowest BCUT2D eigenvalue weighted by atomic mass is 10.4. The minimum Gasteiger partial charge on any atom is -0.304 e. The minimum absolute atomic E-state index is 0.834. The fraction of sp³-hybridized carbons (Fsp3) is 0.636. The van der Waals surface area contributed by atoms with E-state index in [4.69, 9.17) is 0 Å². The van der Waals surface area contributed by atoms with Crippen molar-refractivity contribution in [3.63, 3.8) is 0 Å². The third kappa shape index (κ3) is 3.62. The van der Waals surface area contributed by atoms with Crippen molar-refractivity contribution < 1.29 is 0 Å². The second-order valence-electron chi connectivity index (χ2n) is 4.25. The summed E-state index contributed by atoms with van der Waals surface area (Å²) < 4.78 is 0.834. The Morgan fingerprint density at radius 1 is 1.29 bits per heavy atom. The van der Waals surface area contributed by atoms with Crippen LogP contribution < -0.4 is 5.43 Å². The van der Waals surface area contributed by atoms with Gasteiger partial charge in [0.15, 0.2) is 0 Å². The number of aryl methyl sites for hydroxylation is 1. The quantitative estimate of drug-likeness (QED) is 0.854. The van der Waals surface area contributed by atoms with Gasteiger partial charge in [-0.25, -0.2) is 15.0 Å². The van der Waals surface area contributed by atoms with Crippen molar-refractivity contribution >= 4 is 21.7 Å². The minimum atomic E-state index is 0.834. The van der Waals surface area contributed by atoms with E-state index in [1.54, 1.807) is 0 Å². The molecule has 0 radical (unpaired) electrons. The van der Waals surface area contributed by atoms with E-state index in [1.807, 2.05) is 6.07 Å². The number of rotatable bonds is 3. The lowest BCUT2D eigenvalue weighted by Gasteiger charge is -2.32. The van der Waals surface area contributed by atoms with Gasteiger partial charge < -0.3 is 10.3 Å². The molecule has 2 heterocycles. The van der Waals surface area contributed by atoms with Gasteiger partial charge >= 0.3 is 0 Å². The Labute approximate surface area is 110 Å². The van der Waals surface area contributed by atoms with Gasteiger partial charge in [-0.3, -0.25) is 0 Å². The Morgan fingerprint density at radius 3 is 2.65 bits per heavy atom. The van der Waals surface area contributed by atoms with Crippen LogP contribution >= 0.6 is 15.9 Å². The van der Waals surface area contributed by atoms with E-state index in [0.29, 0.717) is 0 Å². The Morgan fingerprint density at radius 2 is 2.00 bits per heavy atom. The number of aromatic nitrogens is 2. The van der Waals surface area contributed by atoms with Crippen LogP contribution in [0.1, 0.15) is 12.7 Å². The topological polar surface area (TPSA) is 44.3 Å². The molecule has 1 N–H and O–H groups in total. The molecule has 0 atom stereocenters. The number of nitrogens with zero attached hydrogens (tertiary/aromatic N) is 4. The van der Waals surface area contributed by atoms with Crippen molar-refractivity contribution in [2.24, 2.45) is 0 Å². The van der Waals surface area contributed by atoms with Crippen LogP contribution in [0.4, 0.5) is 5.82 Å². The Bertz CT molecular complexity index is 376. The lowest BCUT2D eigenvalue weighted by molar-refractivity contribution is 0.178. The fourth-order valence-electron chi connectivity index (χ4n) is 1.76. The van der Waals surface area contributed by atoms with Gasteiger partial charge in [-0.2, -0.15) is 0 Å². The summed E-state index contributed by atoms with van der Waals surface area (Å²) >= 11 is 3.41. The summed E-state index contributed by atoms with van der Waals surface area (Å²) in [7, 11) is 2.15. The number of likely N-dealkylation sites (N-methyl/N-ethyl adjacent to an activating group) is 1. The molecule has 0 bridgehead atoms. The molecular weight excluding hydrogens is 282 g/mol. The van der Waals surface area contributed by atoms with E-state index in [9.17, 15) is 0 Å². The molecule has 6 heteroatoms. The maximum Gasteiger partial charge on any atom is 0.145 e. The van der Waals surface area contributed by atoms with Gasteiger partial charge in [-0.15, -0.1) is 0 Å². The first-order valence-corrected chi connectivity index (χ1v) is 6.70. The van der Waals surface area contributed by atoms with Crippen molar-refractivity contribution in [3.8, 4) is 0 Å². The highest BCUT2D eigenvalue weighted by molar-refractivity contribution is 9.10. The van der Waals surface area contributed by atoms with E-state index >= 15 is 0 Å². The highest BCUT2D eigenvalue weighted by atomic mass is 79.9. The summed E-state index contributed by atoms with van der Waals surface area (Å²) in [6.07, 6.45) is 0.844. The zero-order valence-corrected chi connectivity index (χ0v) is 11.9. The summed E-state index contributed by atoms with van der Waals surface area (Å²) in [6, 6.07) is 1.91. The van der Waals surface area contributed by atoms with E-state index < -0.39 is 0 Å². The van der Waals surface area contributed by atoms with Gasteiger partial charge in [0.1, 0.15) is 16.2 Å². The third-order valence-electron chi connectivity index (χ3n) is 2.83. The molecule has 1 aliphatic heterocycles. The molecule has 0 aliphatic carbocycles. The van der Waals surface area contributed by atoms with E-state index in [1.165, 1.54) is 0 Å². The summed E-state index contributed by atoms with van der Waals surface area (Å²) in [4.78, 5) is 11.1. The zero-order valence-electron chi connectivity index (χ0n) is 10.3. The van der Waals surface area contributed by atoms with Crippen molar-refractivity contribution in [2.75, 3.05) is 38.7 Å². The van der Waals surface area contributed by atoms with Crippen LogP contribution in [0.2, 0.25) is 0 Å². The molecule has 5 nitrogen and oxygen atoms in total. The van der Waals surface area contributed by atoms with Gasteiger partial charge in [0.2, 0.25) is 0 Å². The van der Waals surface area contributed by atoms with Gasteiger partial charge in [0.05, 0.1) is 0 Å². The fourth-order valence-corrected chi connectivity index (χ4v) is 2.18. The number of hydrazine groups is 1. The van der Waals surface area contributed by atoms with Crippen LogP contribution in [-0.2, 0) is 6.42 Å². The molecule has 1 saturated heterocycles. The van der Waals surface area contributed by atoms with Gasteiger partial charge in [0, 0.05) is 38.7 Å². The summed E-state index contributed by atoms with van der Waals surface area (Å²) in [5, 5.41) is 2.20. The average molecular weight is 300 g/mol. The average Bonchev–Trinajstić information content (AvgIpc) is 2.31. The van der Waals surface area contributed by atoms with Gasteiger partial charge in [-0.05, 0) is 23.0 Å². The Balaban J connectivity index is 2.00. The number of anilines is 1. The van der Waals surface area contributed by atoms with Crippen molar-refractivity contribution in [3.05, 3.63) is 16.5 Å². The van der Waals surface area contributed by atoms with Gasteiger partial charge in [-0.1, -0.05) is 6.92 Å². The van der Waals surface area contributed by atoms with Gasteiger partial charge in [0.25, 0.3) is 0 Å². The second kappa shape index (κ2) is 5.75. The molecule has 0 unspecified atom stereocenters. The summed E-state index contributed by atoms with van der Waals surface area (Å²) in [5.74, 6) is 1.73. The highest BCUT2D eigenvalue weighted by Gasteiger charge is 2.14. The first-order valence-electron chi connectivity index (χ1n) is 5.91. The predicted molar refractivity (Wildman–Crippen MR) is 71.8 cm³/mol. The number of nitrogens with one attached hydrogen (secondary N) is 1. The second-order valence-corrected chi connectivity index (χ2v) is 5.06. The smallest absolute Gasteiger partial charge is 0.145 e. The molecule has 1 aromatic heterocycles. The van der Waals surface area contributed by atoms with Crippen LogP contribution in [0.25, 0.3) is 0 Å². The Hall–Kier alpha value is -0.720. The molecular formula is C11H18BrN5. The first-order chi connectivity index (χ1) is 8.17. The molecule has 0 aromatic carbocycles. The molecule has 94 valence electrons. The largest absolute Gasteiger partial charge is 0.304 e. The molecule has 1 aromatic rings. The standard InChI is InChI=1S/C11H18BrN5/c1-3-10-13-9(12)8-11(14-10)15-17-6-4-16(2)5-7-17/h8H,3-7H2,1-2H3,(H,13,14,15). The molecule has 0 saturated carbocycles. The third-order valence-corrected chi connectivity index (χ3v) is 3.24.